The van der Waals surface area contributed by atoms with Crippen LogP contribution in [0.1, 0.15) is 30.6 Å². The Kier molecular flexibility index (Phi) is 4.31. The fourth-order valence-corrected chi connectivity index (χ4v) is 2.80. The summed E-state index contributed by atoms with van der Waals surface area (Å²) in [6.45, 7) is 3.21. The number of fused-ring (bicyclic) bond motifs is 1. The fraction of sp³-hybridized carbons (Fsp3) is 0.417. The van der Waals surface area contributed by atoms with Crippen molar-refractivity contribution in [1.82, 2.24) is 0 Å². The molecule has 2 rings (SSSR count). The van der Waals surface area contributed by atoms with Gasteiger partial charge in [0.1, 0.15) is 11.4 Å². The van der Waals surface area contributed by atoms with Crippen molar-refractivity contribution in [3.63, 3.8) is 0 Å². The summed E-state index contributed by atoms with van der Waals surface area (Å²) in [6, 6.07) is 1.66. The number of hydrogen-bond acceptors (Lipinski definition) is 6. The van der Waals surface area contributed by atoms with Gasteiger partial charge in [0.25, 0.3) is 0 Å². The molecule has 0 fully saturated rings. The molecule has 23 heavy (non-hydrogen) atoms. The van der Waals surface area contributed by atoms with Gasteiger partial charge in [0.05, 0.1) is 29.0 Å². The van der Waals surface area contributed by atoms with Crippen molar-refractivity contribution < 1.29 is 39.2 Å². The molecule has 5 nitrogen and oxygen atoms in total. The minimum atomic E-state index is -5.98. The van der Waals surface area contributed by atoms with Crippen molar-refractivity contribution in [3.05, 3.63) is 17.7 Å². The second-order valence-corrected chi connectivity index (χ2v) is 7.45. The van der Waals surface area contributed by atoms with Crippen molar-refractivity contribution in [2.24, 2.45) is 0 Å². The summed E-state index contributed by atoms with van der Waals surface area (Å²) in [7, 11) is -5.98. The molecule has 1 aromatic carbocycles. The normalized spacial score (nSPS) is 17.4. The first-order chi connectivity index (χ1) is 10.4. The molecule has 0 unspecified atom stereocenters. The first-order valence-corrected chi connectivity index (χ1v) is 8.18. The summed E-state index contributed by atoms with van der Waals surface area (Å²) in [6.07, 6.45) is -0.0758. The molecule has 11 heteroatoms. The maximum absolute atomic E-state index is 12.9. The summed E-state index contributed by atoms with van der Waals surface area (Å²) in [5.74, 6) is -1.46. The zero-order valence-corrected chi connectivity index (χ0v) is 13.4. The second-order valence-electron chi connectivity index (χ2n) is 5.32. The average Bonchev–Trinajstić information content (AvgIpc) is 2.36. The van der Waals surface area contributed by atoms with Crippen LogP contribution in [0.3, 0.4) is 0 Å². The molecule has 0 bridgehead atoms. The second kappa shape index (κ2) is 5.55. The van der Waals surface area contributed by atoms with Crippen molar-refractivity contribution in [3.8, 4) is 11.5 Å². The molecular weight excluding hydrogens is 364 g/mol. The molecule has 0 radical (unpaired) electrons. The largest absolute Gasteiger partial charge is 0.534 e. The molecule has 0 saturated carbocycles. The van der Waals surface area contributed by atoms with E-state index in [1.807, 2.05) is 0 Å². The lowest BCUT2D eigenvalue weighted by atomic mass is 9.93. The lowest BCUT2D eigenvalue weighted by molar-refractivity contribution is -0.0500. The number of carbonyl (C=O) groups is 1. The molecule has 0 spiro atoms. The van der Waals surface area contributed by atoms with Crippen LogP contribution in [0.5, 0.6) is 11.5 Å². The Balaban J connectivity index is 2.52. The van der Waals surface area contributed by atoms with Crippen molar-refractivity contribution in [1.29, 1.82) is 0 Å². The van der Waals surface area contributed by atoms with Gasteiger partial charge in [-0.2, -0.15) is 25.5 Å². The summed E-state index contributed by atoms with van der Waals surface area (Å²) in [5, 5.41) is 0. The van der Waals surface area contributed by atoms with Crippen LogP contribution in [-0.4, -0.2) is 25.3 Å². The van der Waals surface area contributed by atoms with Gasteiger partial charge in [0.2, 0.25) is 0 Å². The molecule has 0 N–H and O–H groups in total. The molecule has 0 amide bonds. The Labute approximate surface area is 133 Å². The number of rotatable bonds is 3. The van der Waals surface area contributed by atoms with E-state index in [2.05, 4.69) is 4.18 Å². The molecule has 1 heterocycles. The first-order valence-electron chi connectivity index (χ1n) is 6.06. The van der Waals surface area contributed by atoms with Crippen LogP contribution < -0.4 is 8.92 Å². The smallest absolute Gasteiger partial charge is 0.487 e. The Morgan fingerprint density at radius 1 is 1.30 bits per heavy atom. The van der Waals surface area contributed by atoms with Crippen molar-refractivity contribution >= 4 is 28.0 Å². The standard InChI is InChI=1S/C12H10F4O5S2/c1-11(2)5-7(17)6-3-9(10(22-16)4-8(6)20-11)21-23(18,19)12(13,14)15/h3-4H,5H2,1-2H3. The molecule has 1 aromatic rings. The maximum Gasteiger partial charge on any atom is 0.534 e. The number of halogens is 4. The summed E-state index contributed by atoms with van der Waals surface area (Å²) >= 11 is -0.527. The van der Waals surface area contributed by atoms with Gasteiger partial charge in [-0.05, 0) is 19.9 Å². The van der Waals surface area contributed by atoms with E-state index in [9.17, 15) is 30.3 Å². The van der Waals surface area contributed by atoms with Crippen LogP contribution in [0.2, 0.25) is 0 Å². The van der Waals surface area contributed by atoms with E-state index in [1.165, 1.54) is 0 Å². The highest BCUT2D eigenvalue weighted by atomic mass is 32.2. The lowest BCUT2D eigenvalue weighted by Gasteiger charge is -2.31. The van der Waals surface area contributed by atoms with E-state index in [0.29, 0.717) is 0 Å². The molecule has 128 valence electrons. The third kappa shape index (κ3) is 3.55. The van der Waals surface area contributed by atoms with Crippen LogP contribution in [-0.2, 0) is 10.1 Å². The number of alkyl halides is 3. The van der Waals surface area contributed by atoms with Crippen LogP contribution in [0, 0.1) is 0 Å². The number of Topliss-reactive ketones (excluding diaryl/α,β-unsaturated/α-hetero) is 1. The van der Waals surface area contributed by atoms with Gasteiger partial charge in [-0.3, -0.25) is 4.79 Å². The van der Waals surface area contributed by atoms with Gasteiger partial charge in [-0.1, -0.05) is 0 Å². The van der Waals surface area contributed by atoms with E-state index < -0.39 is 49.8 Å². The van der Waals surface area contributed by atoms with E-state index in [4.69, 9.17) is 4.74 Å². The first kappa shape index (κ1) is 17.9. The third-order valence-electron chi connectivity index (χ3n) is 2.88. The van der Waals surface area contributed by atoms with Gasteiger partial charge in [-0.15, -0.1) is 0 Å². The summed E-state index contributed by atoms with van der Waals surface area (Å²) in [5.41, 5.74) is -6.72. The molecule has 0 saturated heterocycles. The lowest BCUT2D eigenvalue weighted by Crippen LogP contribution is -2.36. The van der Waals surface area contributed by atoms with Gasteiger partial charge in [-0.25, -0.2) is 0 Å². The van der Waals surface area contributed by atoms with Crippen molar-refractivity contribution in [2.75, 3.05) is 0 Å². The molecule has 1 aliphatic heterocycles. The van der Waals surface area contributed by atoms with Gasteiger partial charge >= 0.3 is 15.6 Å². The van der Waals surface area contributed by atoms with E-state index >= 15 is 0 Å². The SMILES string of the molecule is CC1(C)CC(=O)c2cc(OS(=O)(=O)C(F)(F)F)c(SF)cc2O1. The quantitative estimate of drug-likeness (QED) is 0.457. The van der Waals surface area contributed by atoms with E-state index in [0.717, 1.165) is 12.1 Å². The van der Waals surface area contributed by atoms with E-state index in [-0.39, 0.29) is 17.7 Å². The van der Waals surface area contributed by atoms with E-state index in [1.54, 1.807) is 13.8 Å². The zero-order valence-electron chi connectivity index (χ0n) is 11.7. The Hall–Kier alpha value is -1.49. The highest BCUT2D eigenvalue weighted by Gasteiger charge is 2.49. The number of ketones is 1. The van der Waals surface area contributed by atoms with Crippen LogP contribution in [0.4, 0.5) is 17.1 Å². The zero-order chi connectivity index (χ0) is 17.6. The van der Waals surface area contributed by atoms with Crippen LogP contribution in [0.15, 0.2) is 17.0 Å². The average molecular weight is 374 g/mol. The Bertz CT molecular complexity index is 755. The molecule has 0 atom stereocenters. The highest BCUT2D eigenvalue weighted by Crippen LogP contribution is 2.42. The van der Waals surface area contributed by atoms with Gasteiger partial charge in [0.15, 0.2) is 11.5 Å². The molecule has 1 aliphatic rings. The van der Waals surface area contributed by atoms with Crippen LogP contribution >= 0.6 is 12.1 Å². The van der Waals surface area contributed by atoms with Gasteiger partial charge < -0.3 is 8.92 Å². The predicted octanol–water partition coefficient (Wildman–Crippen LogP) is 3.64. The highest BCUT2D eigenvalue weighted by molar-refractivity contribution is 7.94. The predicted molar refractivity (Wildman–Crippen MR) is 72.7 cm³/mol. The number of benzene rings is 1. The summed E-state index contributed by atoms with van der Waals surface area (Å²) in [4.78, 5) is 11.5. The fourth-order valence-electron chi connectivity index (χ4n) is 1.95. The third-order valence-corrected chi connectivity index (χ3v) is 4.34. The monoisotopic (exact) mass is 374 g/mol. The van der Waals surface area contributed by atoms with Crippen LogP contribution in [0.25, 0.3) is 0 Å². The maximum atomic E-state index is 12.9. The summed E-state index contributed by atoms with van der Waals surface area (Å²) < 4.78 is 81.5. The number of hydrogen-bond donors (Lipinski definition) is 0. The Morgan fingerprint density at radius 3 is 2.43 bits per heavy atom. The number of ether oxygens (including phenoxy) is 1. The Morgan fingerprint density at radius 2 is 1.91 bits per heavy atom. The minimum Gasteiger partial charge on any atom is -0.487 e. The molecular formula is C12H10F4O5S2. The van der Waals surface area contributed by atoms with Crippen molar-refractivity contribution in [2.45, 2.75) is 36.3 Å². The number of carbonyl (C=O) groups excluding carboxylic acids is 1. The minimum absolute atomic E-state index is 0.0526. The van der Waals surface area contributed by atoms with Gasteiger partial charge in [0, 0.05) is 6.07 Å². The topological polar surface area (TPSA) is 69.7 Å². The molecule has 0 aliphatic carbocycles. The molecule has 0 aromatic heterocycles.